The fourth-order valence-corrected chi connectivity index (χ4v) is 0.706. The van der Waals surface area contributed by atoms with E-state index in [1.807, 2.05) is 26.2 Å². The molecule has 0 aliphatic heterocycles. The number of hydrogen-bond acceptors (Lipinski definition) is 3. The molecule has 7 heteroatoms. The van der Waals surface area contributed by atoms with E-state index >= 15 is 0 Å². The van der Waals surface area contributed by atoms with Gasteiger partial charge >= 0.3 is 12.1 Å². The molecule has 0 spiro atoms. The summed E-state index contributed by atoms with van der Waals surface area (Å²) >= 11 is 0. The monoisotopic (exact) mass is 227 g/mol. The molecular weight excluding hydrogens is 210 g/mol. The number of nitrogens with zero attached hydrogens (tertiary/aromatic N) is 1. The standard InChI is InChI=1S/C7H9N.2CH4N2O/c1-6-3-7(2)5-8-4-6;2*2-1(3)4/h3-5H,1-2H3;2*(H4,2,3,4). The van der Waals surface area contributed by atoms with Crippen molar-refractivity contribution in [2.24, 2.45) is 22.9 Å². The van der Waals surface area contributed by atoms with E-state index in [4.69, 9.17) is 9.59 Å². The van der Waals surface area contributed by atoms with Gasteiger partial charge in [-0.25, -0.2) is 9.59 Å². The van der Waals surface area contributed by atoms with Crippen LogP contribution in [0.1, 0.15) is 11.1 Å². The molecule has 0 atom stereocenters. The smallest absolute Gasteiger partial charge is 0.309 e. The van der Waals surface area contributed by atoms with Crippen LogP contribution in [0.15, 0.2) is 18.5 Å². The number of carbonyl (C=O) groups is 2. The average Bonchev–Trinajstić information content (AvgIpc) is 2.00. The molecule has 0 radical (unpaired) electrons. The first-order chi connectivity index (χ1) is 7.25. The van der Waals surface area contributed by atoms with E-state index in [-0.39, 0.29) is 0 Å². The molecule has 0 aromatic carbocycles. The van der Waals surface area contributed by atoms with Gasteiger partial charge in [-0.2, -0.15) is 0 Å². The molecule has 1 rings (SSSR count). The Morgan fingerprint density at radius 2 is 1.19 bits per heavy atom. The van der Waals surface area contributed by atoms with Crippen molar-refractivity contribution in [2.75, 3.05) is 0 Å². The first-order valence-electron chi connectivity index (χ1n) is 4.23. The summed E-state index contributed by atoms with van der Waals surface area (Å²) in [6.45, 7) is 4.08. The first-order valence-corrected chi connectivity index (χ1v) is 4.23. The summed E-state index contributed by atoms with van der Waals surface area (Å²) in [7, 11) is 0. The van der Waals surface area contributed by atoms with Crippen molar-refractivity contribution >= 4 is 12.1 Å². The molecule has 0 fully saturated rings. The van der Waals surface area contributed by atoms with Crippen LogP contribution in [0, 0.1) is 13.8 Å². The Morgan fingerprint density at radius 1 is 0.938 bits per heavy atom. The van der Waals surface area contributed by atoms with Gasteiger partial charge in [0.25, 0.3) is 0 Å². The summed E-state index contributed by atoms with van der Waals surface area (Å²) in [4.78, 5) is 22.0. The Balaban J connectivity index is 0. The zero-order chi connectivity index (χ0) is 13.1. The number of aromatic nitrogens is 1. The maximum Gasteiger partial charge on any atom is 0.309 e. The second-order valence-electron chi connectivity index (χ2n) is 2.84. The van der Waals surface area contributed by atoms with Gasteiger partial charge in [0.1, 0.15) is 0 Å². The van der Waals surface area contributed by atoms with Crippen LogP contribution in [0.2, 0.25) is 0 Å². The van der Waals surface area contributed by atoms with Crippen molar-refractivity contribution in [1.82, 2.24) is 4.98 Å². The summed E-state index contributed by atoms with van der Waals surface area (Å²) in [6.07, 6.45) is 3.71. The van der Waals surface area contributed by atoms with Gasteiger partial charge in [-0.15, -0.1) is 0 Å². The minimum absolute atomic E-state index is 0.833. The SMILES string of the molecule is Cc1cncc(C)c1.NC(N)=O.NC(N)=O. The summed E-state index contributed by atoms with van der Waals surface area (Å²) in [5.74, 6) is 0. The Hall–Kier alpha value is -2.31. The van der Waals surface area contributed by atoms with Crippen LogP contribution in [0.25, 0.3) is 0 Å². The zero-order valence-electron chi connectivity index (χ0n) is 9.31. The Kier molecular flexibility index (Phi) is 9.33. The number of aryl methyl sites for hydroxylation is 2. The van der Waals surface area contributed by atoms with Gasteiger partial charge in [0.15, 0.2) is 0 Å². The number of nitrogens with two attached hydrogens (primary N) is 4. The number of primary amides is 4. The summed E-state index contributed by atoms with van der Waals surface area (Å²) in [6, 6.07) is 0.438. The Morgan fingerprint density at radius 3 is 1.31 bits per heavy atom. The van der Waals surface area contributed by atoms with E-state index in [9.17, 15) is 0 Å². The van der Waals surface area contributed by atoms with Crippen molar-refractivity contribution in [2.45, 2.75) is 13.8 Å². The molecule has 0 aliphatic carbocycles. The van der Waals surface area contributed by atoms with Crippen molar-refractivity contribution in [3.05, 3.63) is 29.6 Å². The minimum atomic E-state index is -0.833. The largest absolute Gasteiger partial charge is 0.352 e. The van der Waals surface area contributed by atoms with Gasteiger partial charge in [0, 0.05) is 12.4 Å². The van der Waals surface area contributed by atoms with Crippen LogP contribution >= 0.6 is 0 Å². The highest BCUT2D eigenvalue weighted by molar-refractivity contribution is 5.69. The molecule has 1 aromatic heterocycles. The fourth-order valence-electron chi connectivity index (χ4n) is 0.706. The van der Waals surface area contributed by atoms with Crippen molar-refractivity contribution < 1.29 is 9.59 Å². The Bertz CT molecular complexity index is 303. The van der Waals surface area contributed by atoms with Crippen molar-refractivity contribution in [3.8, 4) is 0 Å². The normalized spacial score (nSPS) is 7.62. The molecule has 16 heavy (non-hydrogen) atoms. The topological polar surface area (TPSA) is 151 Å². The van der Waals surface area contributed by atoms with Crippen molar-refractivity contribution in [1.29, 1.82) is 0 Å². The molecule has 8 N–H and O–H groups in total. The van der Waals surface area contributed by atoms with Crippen LogP contribution in [0.3, 0.4) is 0 Å². The van der Waals surface area contributed by atoms with Crippen LogP contribution in [0.4, 0.5) is 9.59 Å². The highest BCUT2D eigenvalue weighted by atomic mass is 16.2. The lowest BCUT2D eigenvalue weighted by molar-refractivity contribution is 0.255. The maximum atomic E-state index is 9.00. The van der Waals surface area contributed by atoms with E-state index in [0.29, 0.717) is 0 Å². The molecule has 0 saturated heterocycles. The van der Waals surface area contributed by atoms with Gasteiger partial charge in [0.05, 0.1) is 0 Å². The molecule has 1 heterocycles. The van der Waals surface area contributed by atoms with Crippen molar-refractivity contribution in [3.63, 3.8) is 0 Å². The van der Waals surface area contributed by atoms with Gasteiger partial charge < -0.3 is 22.9 Å². The quantitative estimate of drug-likeness (QED) is 0.483. The van der Waals surface area contributed by atoms with Gasteiger partial charge in [-0.05, 0) is 25.0 Å². The third-order valence-electron chi connectivity index (χ3n) is 1.01. The number of hydrogen-bond donors (Lipinski definition) is 4. The summed E-state index contributed by atoms with van der Waals surface area (Å²) in [5, 5.41) is 0. The highest BCUT2D eigenvalue weighted by Crippen LogP contribution is 1.96. The molecule has 0 aliphatic rings. The number of urea groups is 2. The molecule has 0 saturated carbocycles. The van der Waals surface area contributed by atoms with Gasteiger partial charge in [0.2, 0.25) is 0 Å². The van der Waals surface area contributed by atoms with E-state index in [2.05, 4.69) is 34.0 Å². The number of pyridine rings is 1. The maximum absolute atomic E-state index is 9.00. The lowest BCUT2D eigenvalue weighted by Gasteiger charge is -1.89. The minimum Gasteiger partial charge on any atom is -0.352 e. The third kappa shape index (κ3) is 22.6. The Labute approximate surface area is 93.8 Å². The molecule has 0 unspecified atom stereocenters. The van der Waals surface area contributed by atoms with E-state index in [0.717, 1.165) is 0 Å². The molecule has 7 nitrogen and oxygen atoms in total. The summed E-state index contributed by atoms with van der Waals surface area (Å²) < 4.78 is 0. The molecule has 4 amide bonds. The lowest BCUT2D eigenvalue weighted by Crippen LogP contribution is -2.18. The predicted octanol–water partition coefficient (Wildman–Crippen LogP) is -0.254. The zero-order valence-corrected chi connectivity index (χ0v) is 9.31. The second kappa shape index (κ2) is 9.25. The van der Waals surface area contributed by atoms with E-state index in [1.54, 1.807) is 0 Å². The van der Waals surface area contributed by atoms with Gasteiger partial charge in [-0.3, -0.25) is 4.98 Å². The van der Waals surface area contributed by atoms with Gasteiger partial charge in [-0.1, -0.05) is 6.07 Å². The molecule has 1 aromatic rings. The number of carbonyl (C=O) groups excluding carboxylic acids is 2. The number of rotatable bonds is 0. The molecule has 90 valence electrons. The summed E-state index contributed by atoms with van der Waals surface area (Å²) in [5.41, 5.74) is 19.5. The first kappa shape index (κ1) is 16.1. The fraction of sp³-hybridized carbons (Fsp3) is 0.222. The molecular formula is C9H17N5O2. The van der Waals surface area contributed by atoms with Crippen LogP contribution < -0.4 is 22.9 Å². The van der Waals surface area contributed by atoms with Crippen LogP contribution in [0.5, 0.6) is 0 Å². The average molecular weight is 227 g/mol. The predicted molar refractivity (Wildman–Crippen MR) is 61.3 cm³/mol. The second-order valence-corrected chi connectivity index (χ2v) is 2.84. The van der Waals surface area contributed by atoms with Crippen LogP contribution in [-0.2, 0) is 0 Å². The molecule has 0 bridgehead atoms. The highest BCUT2D eigenvalue weighted by Gasteiger charge is 1.81. The van der Waals surface area contributed by atoms with Crippen LogP contribution in [-0.4, -0.2) is 17.0 Å². The lowest BCUT2D eigenvalue weighted by atomic mass is 10.2. The third-order valence-corrected chi connectivity index (χ3v) is 1.01. The van der Waals surface area contributed by atoms with E-state index in [1.165, 1.54) is 11.1 Å². The number of amides is 4. The van der Waals surface area contributed by atoms with E-state index < -0.39 is 12.1 Å².